The van der Waals surface area contributed by atoms with Crippen LogP contribution in [0.1, 0.15) is 39.0 Å². The van der Waals surface area contributed by atoms with Crippen LogP contribution in [-0.4, -0.2) is 43.0 Å². The first-order valence-electron chi connectivity index (χ1n) is 7.59. The van der Waals surface area contributed by atoms with Gasteiger partial charge >= 0.3 is 5.79 Å². The maximum atomic E-state index is 11.5. The topological polar surface area (TPSA) is 175 Å². The Balaban J connectivity index is 1.90. The van der Waals surface area contributed by atoms with Gasteiger partial charge < -0.3 is 0 Å². The fourth-order valence-electron chi connectivity index (χ4n) is 3.65. The van der Waals surface area contributed by atoms with Crippen molar-refractivity contribution in [2.24, 2.45) is 5.92 Å². The maximum absolute atomic E-state index is 11.5. The summed E-state index contributed by atoms with van der Waals surface area (Å²) < 4.78 is 0. The molecule has 0 N–H and O–H groups in total. The van der Waals surface area contributed by atoms with Crippen molar-refractivity contribution in [1.82, 2.24) is 5.23 Å². The second-order valence-electron chi connectivity index (χ2n) is 6.97. The van der Waals surface area contributed by atoms with Gasteiger partial charge in [-0.2, -0.15) is 5.26 Å². The van der Waals surface area contributed by atoms with Crippen molar-refractivity contribution in [3.05, 3.63) is 30.3 Å². The van der Waals surface area contributed by atoms with Gasteiger partial charge in [0.25, 0.3) is 0 Å². The van der Waals surface area contributed by atoms with Gasteiger partial charge in [0.15, 0.2) is 5.60 Å². The van der Waals surface area contributed by atoms with E-state index >= 15 is 0 Å². The molecule has 1 aliphatic heterocycles. The lowest BCUT2D eigenvalue weighted by Gasteiger charge is -2.42. The molecular formula is C12H15N5O8. The third kappa shape index (κ3) is 2.33. The molecule has 3 aliphatic rings. The van der Waals surface area contributed by atoms with Gasteiger partial charge in [-0.25, -0.2) is 4.84 Å². The van der Waals surface area contributed by atoms with Crippen LogP contribution < -0.4 is 0 Å². The van der Waals surface area contributed by atoms with Crippen LogP contribution in [0.2, 0.25) is 0 Å². The standard InChI is InChI=1S/C12H15N5O8/c1-10(3-2-9(10)14(18)19)24-17-12(15(20)21,16(22)23)7-11(25-17)4-8(5-11)6-13/h8-9H,2-5,7H2,1H3. The molecular weight excluding hydrogens is 342 g/mol. The minimum atomic E-state index is -2.90. The Hall–Kier alpha value is -2.43. The average Bonchev–Trinajstić information content (AvgIpc) is 2.80. The summed E-state index contributed by atoms with van der Waals surface area (Å²) in [5.41, 5.74) is -2.69. The zero-order chi connectivity index (χ0) is 18.6. The normalized spacial score (nSPS) is 39.2. The first kappa shape index (κ1) is 17.4. The number of hydroxylamine groups is 2. The summed E-state index contributed by atoms with van der Waals surface area (Å²) in [5, 5.41) is 43.2. The Labute approximate surface area is 140 Å². The molecule has 1 spiro atoms. The molecule has 1 saturated heterocycles. The van der Waals surface area contributed by atoms with Gasteiger partial charge in [0.2, 0.25) is 6.04 Å². The van der Waals surface area contributed by atoms with Crippen LogP contribution in [0.3, 0.4) is 0 Å². The highest BCUT2D eigenvalue weighted by molar-refractivity contribution is 5.07. The SMILES string of the molecule is CC1(ON2OC3(CC(C#N)C3)CC2([N+](=O)[O-])[N+](=O)[O-])CCC1[N+](=O)[O-]. The monoisotopic (exact) mass is 357 g/mol. The molecule has 3 fully saturated rings. The van der Waals surface area contributed by atoms with Gasteiger partial charge in [-0.15, -0.1) is 0 Å². The average molecular weight is 357 g/mol. The molecule has 13 heteroatoms. The molecule has 0 aromatic carbocycles. The smallest absolute Gasteiger partial charge is 0.264 e. The molecule has 0 aromatic rings. The molecule has 2 saturated carbocycles. The first-order valence-corrected chi connectivity index (χ1v) is 7.59. The summed E-state index contributed by atoms with van der Waals surface area (Å²) in [6.07, 6.45) is 0.00246. The van der Waals surface area contributed by atoms with Gasteiger partial charge in [0.05, 0.1) is 17.2 Å². The van der Waals surface area contributed by atoms with Crippen LogP contribution >= 0.6 is 0 Å². The van der Waals surface area contributed by atoms with E-state index in [4.69, 9.17) is 14.9 Å². The quantitative estimate of drug-likeness (QED) is 0.385. The lowest BCUT2D eigenvalue weighted by molar-refractivity contribution is -0.854. The lowest BCUT2D eigenvalue weighted by Crippen LogP contribution is -2.63. The zero-order valence-electron chi connectivity index (χ0n) is 13.2. The van der Waals surface area contributed by atoms with E-state index in [0.29, 0.717) is 0 Å². The maximum Gasteiger partial charge on any atom is 0.569 e. The van der Waals surface area contributed by atoms with E-state index in [1.165, 1.54) is 6.92 Å². The van der Waals surface area contributed by atoms with Crippen molar-refractivity contribution in [2.75, 3.05) is 0 Å². The second kappa shape index (κ2) is 5.28. The highest BCUT2D eigenvalue weighted by Crippen LogP contribution is 2.54. The Morgan fingerprint density at radius 3 is 2.24 bits per heavy atom. The fraction of sp³-hybridized carbons (Fsp3) is 0.917. The summed E-state index contributed by atoms with van der Waals surface area (Å²) in [6, 6.07) is 0.836. The van der Waals surface area contributed by atoms with Crippen LogP contribution in [0.5, 0.6) is 0 Å². The highest BCUT2D eigenvalue weighted by Gasteiger charge is 2.78. The van der Waals surface area contributed by atoms with Crippen molar-refractivity contribution in [2.45, 2.75) is 62.1 Å². The molecule has 136 valence electrons. The molecule has 0 amide bonds. The molecule has 2 atom stereocenters. The molecule has 1 heterocycles. The number of nitro groups is 3. The van der Waals surface area contributed by atoms with E-state index in [-0.39, 0.29) is 30.9 Å². The van der Waals surface area contributed by atoms with Crippen LogP contribution in [0.25, 0.3) is 0 Å². The third-order valence-electron chi connectivity index (χ3n) is 5.30. The van der Waals surface area contributed by atoms with Gasteiger partial charge in [-0.05, 0) is 26.2 Å². The molecule has 25 heavy (non-hydrogen) atoms. The molecule has 0 bridgehead atoms. The van der Waals surface area contributed by atoms with E-state index in [1.807, 2.05) is 6.07 Å². The number of nitrogens with zero attached hydrogens (tertiary/aromatic N) is 5. The number of hydrogen-bond acceptors (Lipinski definition) is 10. The second-order valence-corrected chi connectivity index (χ2v) is 6.97. The van der Waals surface area contributed by atoms with E-state index in [0.717, 1.165) is 0 Å². The molecule has 13 nitrogen and oxygen atoms in total. The van der Waals surface area contributed by atoms with Crippen molar-refractivity contribution >= 4 is 0 Å². The minimum Gasteiger partial charge on any atom is -0.264 e. The fourth-order valence-corrected chi connectivity index (χ4v) is 3.65. The van der Waals surface area contributed by atoms with Crippen molar-refractivity contribution in [3.8, 4) is 6.07 Å². The highest BCUT2D eigenvalue weighted by atomic mass is 17.0. The predicted molar refractivity (Wildman–Crippen MR) is 74.8 cm³/mol. The zero-order valence-corrected chi connectivity index (χ0v) is 13.2. The first-order chi connectivity index (χ1) is 11.6. The number of hydrogen-bond donors (Lipinski definition) is 0. The van der Waals surface area contributed by atoms with Crippen LogP contribution in [0, 0.1) is 47.6 Å². The molecule has 0 aromatic heterocycles. The third-order valence-corrected chi connectivity index (χ3v) is 5.30. The van der Waals surface area contributed by atoms with E-state index in [2.05, 4.69) is 0 Å². The van der Waals surface area contributed by atoms with Gasteiger partial charge in [0.1, 0.15) is 21.9 Å². The Kier molecular flexibility index (Phi) is 3.67. The number of nitriles is 1. The van der Waals surface area contributed by atoms with E-state index in [1.54, 1.807) is 0 Å². The molecule has 2 aliphatic carbocycles. The minimum absolute atomic E-state index is 0.0994. The Morgan fingerprint density at radius 1 is 1.24 bits per heavy atom. The number of rotatable bonds is 5. The largest absolute Gasteiger partial charge is 0.569 e. The van der Waals surface area contributed by atoms with Crippen molar-refractivity contribution in [1.29, 1.82) is 5.26 Å². The molecule has 0 radical (unpaired) electrons. The van der Waals surface area contributed by atoms with Crippen LogP contribution in [0.15, 0.2) is 0 Å². The lowest BCUT2D eigenvalue weighted by atomic mass is 9.69. The van der Waals surface area contributed by atoms with Crippen LogP contribution in [0.4, 0.5) is 0 Å². The molecule has 3 rings (SSSR count). The summed E-state index contributed by atoms with van der Waals surface area (Å²) >= 11 is 0. The van der Waals surface area contributed by atoms with Crippen LogP contribution in [-0.2, 0) is 9.68 Å². The van der Waals surface area contributed by atoms with E-state index in [9.17, 15) is 30.3 Å². The molecule has 2 unspecified atom stereocenters. The van der Waals surface area contributed by atoms with Gasteiger partial charge in [0, 0.05) is 11.3 Å². The van der Waals surface area contributed by atoms with Crippen molar-refractivity contribution in [3.63, 3.8) is 0 Å². The summed E-state index contributed by atoms with van der Waals surface area (Å²) in [4.78, 5) is 42.0. The van der Waals surface area contributed by atoms with Gasteiger partial charge in [-0.1, -0.05) is 0 Å². The van der Waals surface area contributed by atoms with Crippen molar-refractivity contribution < 1.29 is 24.4 Å². The summed E-state index contributed by atoms with van der Waals surface area (Å²) in [7, 11) is 0. The summed E-state index contributed by atoms with van der Waals surface area (Å²) in [5.74, 6) is -3.32. The Morgan fingerprint density at radius 2 is 1.84 bits per heavy atom. The summed E-state index contributed by atoms with van der Waals surface area (Å²) in [6.45, 7) is 1.36. The Bertz CT molecular complexity index is 671. The van der Waals surface area contributed by atoms with E-state index < -0.39 is 50.1 Å². The predicted octanol–water partition coefficient (Wildman–Crippen LogP) is 0.633. The van der Waals surface area contributed by atoms with Gasteiger partial charge in [-0.3, -0.25) is 35.2 Å².